The summed E-state index contributed by atoms with van der Waals surface area (Å²) in [5.41, 5.74) is 3.82. The maximum Gasteiger partial charge on any atom is 0.191 e. The van der Waals surface area contributed by atoms with E-state index in [-0.39, 0.29) is 0 Å². The van der Waals surface area contributed by atoms with Crippen LogP contribution in [-0.2, 0) is 13.6 Å². The first-order valence-corrected chi connectivity index (χ1v) is 6.32. The van der Waals surface area contributed by atoms with Crippen molar-refractivity contribution in [1.29, 1.82) is 0 Å². The lowest BCUT2D eigenvalue weighted by Crippen LogP contribution is -1.99. The van der Waals surface area contributed by atoms with Gasteiger partial charge in [-0.2, -0.15) is 0 Å². The molecular weight excluding hydrogens is 254 g/mol. The lowest BCUT2D eigenvalue weighted by Gasteiger charge is -2.04. The van der Waals surface area contributed by atoms with Crippen molar-refractivity contribution in [2.45, 2.75) is 13.5 Å². The molecule has 6 nitrogen and oxygen atoms in total. The molecule has 1 aromatic carbocycles. The van der Waals surface area contributed by atoms with Crippen molar-refractivity contribution in [1.82, 2.24) is 20.0 Å². The van der Waals surface area contributed by atoms with Crippen LogP contribution in [0.1, 0.15) is 11.6 Å². The van der Waals surface area contributed by atoms with Crippen LogP contribution in [0.5, 0.6) is 0 Å². The van der Waals surface area contributed by atoms with E-state index in [1.165, 1.54) is 0 Å². The Hall–Kier alpha value is -2.63. The van der Waals surface area contributed by atoms with Gasteiger partial charge in [0.15, 0.2) is 5.89 Å². The molecule has 0 saturated heterocycles. The molecule has 6 heteroatoms. The molecule has 0 atom stereocenters. The molecule has 2 aromatic heterocycles. The summed E-state index contributed by atoms with van der Waals surface area (Å²) in [6.07, 6.45) is 3.55. The molecular formula is C14H15N5O. The van der Waals surface area contributed by atoms with Crippen LogP contribution < -0.4 is 5.32 Å². The molecule has 0 unspecified atom stereocenters. The van der Waals surface area contributed by atoms with E-state index < -0.39 is 0 Å². The van der Waals surface area contributed by atoms with E-state index in [2.05, 4.69) is 20.6 Å². The van der Waals surface area contributed by atoms with Crippen LogP contribution in [0.3, 0.4) is 0 Å². The number of aryl methyl sites for hydroxylation is 2. The van der Waals surface area contributed by atoms with Crippen molar-refractivity contribution in [3.63, 3.8) is 0 Å². The normalized spacial score (nSPS) is 10.7. The molecule has 0 radical (unpaired) electrons. The van der Waals surface area contributed by atoms with Gasteiger partial charge in [-0.05, 0) is 12.1 Å². The Morgan fingerprint density at radius 2 is 2.05 bits per heavy atom. The molecule has 0 aliphatic rings. The molecule has 0 aliphatic carbocycles. The number of anilines is 1. The number of oxazole rings is 1. The first kappa shape index (κ1) is 12.4. The van der Waals surface area contributed by atoms with Gasteiger partial charge in [0.2, 0.25) is 0 Å². The van der Waals surface area contributed by atoms with Gasteiger partial charge in [-0.3, -0.25) is 4.68 Å². The fraction of sp³-hybridized carbons (Fsp3) is 0.214. The van der Waals surface area contributed by atoms with Gasteiger partial charge in [0.1, 0.15) is 17.7 Å². The van der Waals surface area contributed by atoms with Gasteiger partial charge in [0.25, 0.3) is 0 Å². The molecule has 0 amide bonds. The second-order valence-electron chi connectivity index (χ2n) is 4.57. The third-order valence-electron chi connectivity index (χ3n) is 2.92. The molecule has 0 bridgehead atoms. The minimum absolute atomic E-state index is 0.649. The van der Waals surface area contributed by atoms with E-state index in [0.29, 0.717) is 12.4 Å². The second-order valence-corrected chi connectivity index (χ2v) is 4.57. The zero-order valence-electron chi connectivity index (χ0n) is 11.4. The van der Waals surface area contributed by atoms with E-state index in [9.17, 15) is 0 Å². The fourth-order valence-electron chi connectivity index (χ4n) is 1.92. The molecule has 3 aromatic rings. The van der Waals surface area contributed by atoms with Crippen LogP contribution in [0, 0.1) is 6.92 Å². The molecule has 0 fully saturated rings. The predicted octanol–water partition coefficient (Wildman–Crippen LogP) is 2.39. The highest BCUT2D eigenvalue weighted by atomic mass is 16.3. The van der Waals surface area contributed by atoms with Crippen LogP contribution in [0.4, 0.5) is 5.69 Å². The second kappa shape index (κ2) is 5.16. The first-order valence-electron chi connectivity index (χ1n) is 6.32. The molecule has 20 heavy (non-hydrogen) atoms. The molecule has 3 rings (SSSR count). The number of benzene rings is 1. The summed E-state index contributed by atoms with van der Waals surface area (Å²) in [6.45, 7) is 2.48. The lowest BCUT2D eigenvalue weighted by molar-refractivity contribution is 0.521. The standard InChI is InChI=1S/C14H15N5O/c1-10-16-14(9-20-10)11-3-5-12(6-4-11)15-7-13-8-19(2)18-17-13/h3-6,8-9,15H,7H2,1-2H3. The summed E-state index contributed by atoms with van der Waals surface area (Å²) in [4.78, 5) is 4.30. The van der Waals surface area contributed by atoms with E-state index in [4.69, 9.17) is 4.42 Å². The number of rotatable bonds is 4. The topological polar surface area (TPSA) is 68.8 Å². The Labute approximate surface area is 116 Å². The van der Waals surface area contributed by atoms with Crippen LogP contribution >= 0.6 is 0 Å². The summed E-state index contributed by atoms with van der Waals surface area (Å²) >= 11 is 0. The highest BCUT2D eigenvalue weighted by Crippen LogP contribution is 2.20. The minimum atomic E-state index is 0.649. The third kappa shape index (κ3) is 2.69. The van der Waals surface area contributed by atoms with Gasteiger partial charge in [-0.1, -0.05) is 17.3 Å². The maximum atomic E-state index is 5.21. The van der Waals surface area contributed by atoms with E-state index >= 15 is 0 Å². The molecule has 2 heterocycles. The number of nitrogens with one attached hydrogen (secondary N) is 1. The van der Waals surface area contributed by atoms with Gasteiger partial charge in [0.05, 0.1) is 6.54 Å². The van der Waals surface area contributed by atoms with Gasteiger partial charge in [0, 0.05) is 31.4 Å². The summed E-state index contributed by atoms with van der Waals surface area (Å²) in [7, 11) is 1.85. The molecule has 1 N–H and O–H groups in total. The maximum absolute atomic E-state index is 5.21. The molecule has 0 spiro atoms. The third-order valence-corrected chi connectivity index (χ3v) is 2.92. The lowest BCUT2D eigenvalue weighted by atomic mass is 10.1. The van der Waals surface area contributed by atoms with E-state index in [1.54, 1.807) is 10.9 Å². The van der Waals surface area contributed by atoms with Crippen molar-refractivity contribution >= 4 is 5.69 Å². The van der Waals surface area contributed by atoms with Crippen molar-refractivity contribution in [3.05, 3.63) is 48.3 Å². The van der Waals surface area contributed by atoms with Crippen molar-refractivity contribution in [3.8, 4) is 11.3 Å². The Bertz CT molecular complexity index is 698. The smallest absolute Gasteiger partial charge is 0.191 e. The van der Waals surface area contributed by atoms with Crippen LogP contribution in [0.15, 0.2) is 41.1 Å². The van der Waals surface area contributed by atoms with Gasteiger partial charge >= 0.3 is 0 Å². The molecule has 0 saturated carbocycles. The van der Waals surface area contributed by atoms with E-state index in [1.807, 2.05) is 44.4 Å². The van der Waals surface area contributed by atoms with Crippen LogP contribution in [0.25, 0.3) is 11.3 Å². The summed E-state index contributed by atoms with van der Waals surface area (Å²) in [5.74, 6) is 0.671. The van der Waals surface area contributed by atoms with Crippen molar-refractivity contribution < 1.29 is 4.42 Å². The van der Waals surface area contributed by atoms with Gasteiger partial charge < -0.3 is 9.73 Å². The quantitative estimate of drug-likeness (QED) is 0.787. The number of hydrogen-bond acceptors (Lipinski definition) is 5. The number of aromatic nitrogens is 4. The average molecular weight is 269 g/mol. The van der Waals surface area contributed by atoms with Crippen molar-refractivity contribution in [2.75, 3.05) is 5.32 Å². The highest BCUT2D eigenvalue weighted by Gasteiger charge is 2.03. The van der Waals surface area contributed by atoms with Gasteiger partial charge in [-0.15, -0.1) is 5.10 Å². The molecule has 102 valence electrons. The number of nitrogens with zero attached hydrogens (tertiary/aromatic N) is 4. The minimum Gasteiger partial charge on any atom is -0.449 e. The summed E-state index contributed by atoms with van der Waals surface area (Å²) in [6, 6.07) is 8.04. The summed E-state index contributed by atoms with van der Waals surface area (Å²) < 4.78 is 6.90. The van der Waals surface area contributed by atoms with Crippen molar-refractivity contribution in [2.24, 2.45) is 7.05 Å². The Morgan fingerprint density at radius 1 is 1.25 bits per heavy atom. The predicted molar refractivity (Wildman–Crippen MR) is 75.0 cm³/mol. The molecule has 0 aliphatic heterocycles. The SMILES string of the molecule is Cc1nc(-c2ccc(NCc3cn(C)nn3)cc2)co1. The fourth-order valence-corrected chi connectivity index (χ4v) is 1.92. The zero-order valence-corrected chi connectivity index (χ0v) is 11.4. The largest absolute Gasteiger partial charge is 0.449 e. The average Bonchev–Trinajstić information content (AvgIpc) is 3.06. The number of hydrogen-bond donors (Lipinski definition) is 1. The van der Waals surface area contributed by atoms with E-state index in [0.717, 1.165) is 22.6 Å². The van der Waals surface area contributed by atoms with Crippen LogP contribution in [-0.4, -0.2) is 20.0 Å². The van der Waals surface area contributed by atoms with Crippen LogP contribution in [0.2, 0.25) is 0 Å². The zero-order chi connectivity index (χ0) is 13.9. The Kier molecular flexibility index (Phi) is 3.20. The summed E-state index contributed by atoms with van der Waals surface area (Å²) in [5, 5.41) is 11.2. The Balaban J connectivity index is 1.67. The first-order chi connectivity index (χ1) is 9.70. The van der Waals surface area contributed by atoms with Gasteiger partial charge in [-0.25, -0.2) is 4.98 Å². The Morgan fingerprint density at radius 3 is 2.65 bits per heavy atom. The highest BCUT2D eigenvalue weighted by molar-refractivity contribution is 5.61. The monoisotopic (exact) mass is 269 g/mol.